The number of ether oxygens (including phenoxy) is 1. The number of methoxy groups -OCH3 is 1. The Morgan fingerprint density at radius 2 is 2.06 bits per heavy atom. The van der Waals surface area contributed by atoms with E-state index in [1.54, 1.807) is 30.6 Å². The molecule has 0 bridgehead atoms. The molecule has 1 heterocycles. The molecule has 0 saturated carbocycles. The fourth-order valence-electron chi connectivity index (χ4n) is 1.60. The first-order valence-corrected chi connectivity index (χ1v) is 5.38. The molecule has 2 N–H and O–H groups in total. The number of anilines is 1. The largest absolute Gasteiger partial charge is 0.465 e. The molecule has 0 aliphatic rings. The first-order valence-electron chi connectivity index (χ1n) is 5.38. The van der Waals surface area contributed by atoms with Gasteiger partial charge in [0.05, 0.1) is 30.3 Å². The van der Waals surface area contributed by atoms with E-state index in [-0.39, 0.29) is 0 Å². The Morgan fingerprint density at radius 1 is 1.28 bits per heavy atom. The average molecular weight is 243 g/mol. The van der Waals surface area contributed by atoms with Gasteiger partial charge in [-0.15, -0.1) is 0 Å². The summed E-state index contributed by atoms with van der Waals surface area (Å²) in [5.41, 5.74) is 8.64. The molecule has 0 spiro atoms. The maximum atomic E-state index is 11.7. The molecule has 0 atom stereocenters. The van der Waals surface area contributed by atoms with Crippen LogP contribution < -0.4 is 5.73 Å². The van der Waals surface area contributed by atoms with Crippen LogP contribution in [0.15, 0.2) is 30.6 Å². The Balaban J connectivity index is 2.56. The van der Waals surface area contributed by atoms with Crippen molar-refractivity contribution in [1.29, 1.82) is 0 Å². The van der Waals surface area contributed by atoms with Crippen molar-refractivity contribution in [2.45, 2.75) is 6.92 Å². The standard InChI is InChI=1S/C13H13N3O2/c1-8-6-16-12(7-15-8)10-4-3-9(14)5-11(10)13(17)18-2/h3-7H,14H2,1-2H3. The maximum absolute atomic E-state index is 11.7. The summed E-state index contributed by atoms with van der Waals surface area (Å²) in [7, 11) is 1.33. The second-order valence-electron chi connectivity index (χ2n) is 3.84. The molecule has 0 saturated heterocycles. The molecular weight excluding hydrogens is 230 g/mol. The van der Waals surface area contributed by atoms with E-state index in [0.29, 0.717) is 22.5 Å². The van der Waals surface area contributed by atoms with Crippen LogP contribution in [0.25, 0.3) is 11.3 Å². The number of hydrogen-bond acceptors (Lipinski definition) is 5. The number of carbonyl (C=O) groups excluding carboxylic acids is 1. The zero-order valence-electron chi connectivity index (χ0n) is 10.2. The van der Waals surface area contributed by atoms with Gasteiger partial charge in [-0.25, -0.2) is 4.79 Å². The van der Waals surface area contributed by atoms with Gasteiger partial charge in [-0.05, 0) is 25.1 Å². The van der Waals surface area contributed by atoms with Crippen molar-refractivity contribution in [1.82, 2.24) is 9.97 Å². The minimum absolute atomic E-state index is 0.385. The second-order valence-corrected chi connectivity index (χ2v) is 3.84. The zero-order chi connectivity index (χ0) is 13.1. The molecule has 0 amide bonds. The van der Waals surface area contributed by atoms with Crippen LogP contribution in [-0.4, -0.2) is 23.0 Å². The highest BCUT2D eigenvalue weighted by Crippen LogP contribution is 2.24. The molecule has 2 aromatic rings. The van der Waals surface area contributed by atoms with Crippen LogP contribution in [0.1, 0.15) is 16.1 Å². The van der Waals surface area contributed by atoms with Crippen LogP contribution in [0.2, 0.25) is 0 Å². The normalized spacial score (nSPS) is 10.1. The predicted octanol–water partition coefficient (Wildman–Crippen LogP) is 1.82. The van der Waals surface area contributed by atoms with Gasteiger partial charge in [-0.3, -0.25) is 9.97 Å². The Kier molecular flexibility index (Phi) is 3.23. The van der Waals surface area contributed by atoms with E-state index in [2.05, 4.69) is 9.97 Å². The van der Waals surface area contributed by atoms with Gasteiger partial charge in [0.25, 0.3) is 0 Å². The van der Waals surface area contributed by atoms with Crippen molar-refractivity contribution in [2.24, 2.45) is 0 Å². The lowest BCUT2D eigenvalue weighted by Gasteiger charge is -2.08. The molecule has 0 radical (unpaired) electrons. The lowest BCUT2D eigenvalue weighted by atomic mass is 10.0. The molecule has 92 valence electrons. The summed E-state index contributed by atoms with van der Waals surface area (Å²) >= 11 is 0. The van der Waals surface area contributed by atoms with E-state index in [9.17, 15) is 4.79 Å². The van der Waals surface area contributed by atoms with Crippen molar-refractivity contribution in [3.05, 3.63) is 41.9 Å². The van der Waals surface area contributed by atoms with Gasteiger partial charge >= 0.3 is 5.97 Å². The molecule has 5 nitrogen and oxygen atoms in total. The number of esters is 1. The van der Waals surface area contributed by atoms with E-state index >= 15 is 0 Å². The van der Waals surface area contributed by atoms with Gasteiger partial charge in [-0.2, -0.15) is 0 Å². The third-order valence-corrected chi connectivity index (χ3v) is 2.51. The third-order valence-electron chi connectivity index (χ3n) is 2.51. The van der Waals surface area contributed by atoms with E-state index < -0.39 is 5.97 Å². The predicted molar refractivity (Wildman–Crippen MR) is 68.0 cm³/mol. The molecule has 1 aromatic carbocycles. The molecule has 0 unspecified atom stereocenters. The van der Waals surface area contributed by atoms with Crippen LogP contribution in [0.3, 0.4) is 0 Å². The number of nitrogens with zero attached hydrogens (tertiary/aromatic N) is 2. The third kappa shape index (κ3) is 2.29. The Hall–Kier alpha value is -2.43. The molecule has 18 heavy (non-hydrogen) atoms. The van der Waals surface area contributed by atoms with Crippen LogP contribution in [0, 0.1) is 6.92 Å². The lowest BCUT2D eigenvalue weighted by Crippen LogP contribution is -2.05. The molecule has 0 aliphatic heterocycles. The van der Waals surface area contributed by atoms with Gasteiger partial charge in [0.1, 0.15) is 0 Å². The van der Waals surface area contributed by atoms with Gasteiger partial charge < -0.3 is 10.5 Å². The minimum atomic E-state index is -0.445. The van der Waals surface area contributed by atoms with E-state index in [4.69, 9.17) is 10.5 Å². The smallest absolute Gasteiger partial charge is 0.338 e. The average Bonchev–Trinajstić information content (AvgIpc) is 2.39. The SMILES string of the molecule is COC(=O)c1cc(N)ccc1-c1cnc(C)cn1. The summed E-state index contributed by atoms with van der Waals surface area (Å²) in [6.45, 7) is 1.85. The number of aryl methyl sites for hydroxylation is 1. The number of nitrogen functional groups attached to an aromatic ring is 1. The Labute approximate surface area is 105 Å². The fourth-order valence-corrected chi connectivity index (χ4v) is 1.60. The van der Waals surface area contributed by atoms with E-state index in [0.717, 1.165) is 5.69 Å². The summed E-state index contributed by atoms with van der Waals surface area (Å²) in [6.07, 6.45) is 3.26. The van der Waals surface area contributed by atoms with Crippen LogP contribution in [0.4, 0.5) is 5.69 Å². The number of rotatable bonds is 2. The number of nitrogens with two attached hydrogens (primary N) is 1. The van der Waals surface area contributed by atoms with Crippen molar-refractivity contribution in [3.63, 3.8) is 0 Å². The summed E-state index contributed by atoms with van der Waals surface area (Å²) < 4.78 is 4.73. The van der Waals surface area contributed by atoms with Gasteiger partial charge in [-0.1, -0.05) is 0 Å². The van der Waals surface area contributed by atoms with Crippen LogP contribution in [-0.2, 0) is 4.74 Å². The molecule has 0 aliphatic carbocycles. The van der Waals surface area contributed by atoms with Crippen molar-refractivity contribution >= 4 is 11.7 Å². The maximum Gasteiger partial charge on any atom is 0.338 e. The number of carbonyl (C=O) groups is 1. The zero-order valence-corrected chi connectivity index (χ0v) is 10.2. The van der Waals surface area contributed by atoms with Crippen molar-refractivity contribution in [2.75, 3.05) is 12.8 Å². The summed E-state index contributed by atoms with van der Waals surface area (Å²) in [4.78, 5) is 20.1. The molecular formula is C13H13N3O2. The molecule has 0 fully saturated rings. The molecule has 2 rings (SSSR count). The van der Waals surface area contributed by atoms with E-state index in [1.165, 1.54) is 7.11 Å². The monoisotopic (exact) mass is 243 g/mol. The summed E-state index contributed by atoms with van der Waals surface area (Å²) in [5.74, 6) is -0.445. The highest BCUT2D eigenvalue weighted by molar-refractivity contribution is 5.97. The lowest BCUT2D eigenvalue weighted by molar-refractivity contribution is 0.0601. The number of benzene rings is 1. The molecule has 5 heteroatoms. The van der Waals surface area contributed by atoms with Crippen molar-refractivity contribution < 1.29 is 9.53 Å². The fraction of sp³-hybridized carbons (Fsp3) is 0.154. The van der Waals surface area contributed by atoms with Crippen LogP contribution in [0.5, 0.6) is 0 Å². The van der Waals surface area contributed by atoms with Crippen LogP contribution >= 0.6 is 0 Å². The second kappa shape index (κ2) is 4.83. The first kappa shape index (κ1) is 12.0. The highest BCUT2D eigenvalue weighted by Gasteiger charge is 2.14. The van der Waals surface area contributed by atoms with Gasteiger partial charge in [0.15, 0.2) is 0 Å². The molecule has 1 aromatic heterocycles. The summed E-state index contributed by atoms with van der Waals surface area (Å²) in [5, 5.41) is 0. The van der Waals surface area contributed by atoms with Crippen molar-refractivity contribution in [3.8, 4) is 11.3 Å². The van der Waals surface area contributed by atoms with E-state index in [1.807, 2.05) is 6.92 Å². The topological polar surface area (TPSA) is 78.1 Å². The van der Waals surface area contributed by atoms with Gasteiger partial charge in [0, 0.05) is 17.4 Å². The highest BCUT2D eigenvalue weighted by atomic mass is 16.5. The minimum Gasteiger partial charge on any atom is -0.465 e. The first-order chi connectivity index (χ1) is 8.61. The quantitative estimate of drug-likeness (QED) is 0.643. The summed E-state index contributed by atoms with van der Waals surface area (Å²) in [6, 6.07) is 5.02. The Morgan fingerprint density at radius 3 is 2.67 bits per heavy atom. The Bertz CT molecular complexity index is 579. The van der Waals surface area contributed by atoms with Gasteiger partial charge in [0.2, 0.25) is 0 Å². The number of hydrogen-bond donors (Lipinski definition) is 1. The number of aromatic nitrogens is 2.